The van der Waals surface area contributed by atoms with Crippen molar-refractivity contribution < 1.29 is 9.47 Å². The number of hydrogen-bond acceptors (Lipinski definition) is 2. The smallest absolute Gasteiger partial charge is 0.0519 e. The van der Waals surface area contributed by atoms with Crippen LogP contribution in [-0.4, -0.2) is 26.4 Å². The minimum absolute atomic E-state index is 0.0277. The maximum atomic E-state index is 5.60. The van der Waals surface area contributed by atoms with Crippen molar-refractivity contribution in [3.05, 3.63) is 6.92 Å². The van der Waals surface area contributed by atoms with Crippen LogP contribution >= 0.6 is 0 Å². The van der Waals surface area contributed by atoms with Crippen LogP contribution in [0.5, 0.6) is 0 Å². The molecule has 60 valence electrons. The Morgan fingerprint density at radius 2 is 1.50 bits per heavy atom. The fourth-order valence-electron chi connectivity index (χ4n) is 0.587. The van der Waals surface area contributed by atoms with Gasteiger partial charge in [0.2, 0.25) is 0 Å². The van der Waals surface area contributed by atoms with Crippen LogP contribution in [0, 0.1) is 12.8 Å². The largest absolute Gasteiger partial charge is 0.381 e. The first kappa shape index (κ1) is 9.92. The van der Waals surface area contributed by atoms with Crippen LogP contribution in [0.25, 0.3) is 0 Å². The van der Waals surface area contributed by atoms with Crippen molar-refractivity contribution in [1.29, 1.82) is 0 Å². The Morgan fingerprint density at radius 3 is 1.80 bits per heavy atom. The molecule has 2 nitrogen and oxygen atoms in total. The second-order valence-electron chi connectivity index (χ2n) is 2.08. The molecule has 10 heavy (non-hydrogen) atoms. The third kappa shape index (κ3) is 6.05. The molecule has 0 spiro atoms. The zero-order valence-electron chi connectivity index (χ0n) is 6.80. The molecule has 0 aliphatic rings. The first-order valence-corrected chi connectivity index (χ1v) is 3.72. The van der Waals surface area contributed by atoms with Crippen molar-refractivity contribution in [2.24, 2.45) is 5.92 Å². The molecule has 0 atom stereocenters. The lowest BCUT2D eigenvalue weighted by molar-refractivity contribution is 0.0644. The molecular formula is C8H16O2. The fraction of sp³-hybridized carbons (Fsp3) is 0.875. The van der Waals surface area contributed by atoms with Gasteiger partial charge in [-0.3, -0.25) is 0 Å². The van der Waals surface area contributed by atoms with Gasteiger partial charge in [0.05, 0.1) is 13.2 Å². The highest BCUT2D eigenvalue weighted by molar-refractivity contribution is 4.57. The third-order valence-corrected chi connectivity index (χ3v) is 1.07. The maximum absolute atomic E-state index is 5.60. The molecule has 0 aliphatic heterocycles. The van der Waals surface area contributed by atoms with Gasteiger partial charge in [-0.2, -0.15) is 0 Å². The van der Waals surface area contributed by atoms with E-state index in [-0.39, 0.29) is 5.92 Å². The summed E-state index contributed by atoms with van der Waals surface area (Å²) in [5.41, 5.74) is 0. The monoisotopic (exact) mass is 144 g/mol. The van der Waals surface area contributed by atoms with Crippen molar-refractivity contribution in [3.8, 4) is 0 Å². The van der Waals surface area contributed by atoms with Gasteiger partial charge in [-0.25, -0.2) is 0 Å². The van der Waals surface area contributed by atoms with Gasteiger partial charge >= 0.3 is 0 Å². The molecule has 2 heteroatoms. The molecule has 0 rings (SSSR count). The van der Waals surface area contributed by atoms with E-state index in [1.54, 1.807) is 0 Å². The summed E-state index contributed by atoms with van der Waals surface area (Å²) in [6.45, 7) is 12.1. The van der Waals surface area contributed by atoms with Gasteiger partial charge in [0.15, 0.2) is 0 Å². The lowest BCUT2D eigenvalue weighted by Gasteiger charge is -2.09. The van der Waals surface area contributed by atoms with Crippen molar-refractivity contribution >= 4 is 0 Å². The van der Waals surface area contributed by atoms with E-state index in [2.05, 4.69) is 0 Å². The average molecular weight is 144 g/mol. The van der Waals surface area contributed by atoms with E-state index in [4.69, 9.17) is 16.4 Å². The van der Waals surface area contributed by atoms with E-state index in [0.29, 0.717) is 13.2 Å². The Labute approximate surface area is 63.5 Å². The Hall–Kier alpha value is -0.0800. The zero-order valence-corrected chi connectivity index (χ0v) is 6.80. The second-order valence-corrected chi connectivity index (χ2v) is 2.08. The van der Waals surface area contributed by atoms with E-state index < -0.39 is 0 Å². The van der Waals surface area contributed by atoms with Crippen molar-refractivity contribution in [2.75, 3.05) is 26.4 Å². The number of ether oxygens (including phenoxy) is 2. The SMILES string of the molecule is [CH]C(COCC)COCC. The van der Waals surface area contributed by atoms with Crippen molar-refractivity contribution in [1.82, 2.24) is 0 Å². The van der Waals surface area contributed by atoms with Crippen LogP contribution in [0.15, 0.2) is 0 Å². The molecular weight excluding hydrogens is 128 g/mol. The summed E-state index contributed by atoms with van der Waals surface area (Å²) in [6, 6.07) is 0. The van der Waals surface area contributed by atoms with Gasteiger partial charge in [0, 0.05) is 19.1 Å². The Morgan fingerprint density at radius 1 is 1.10 bits per heavy atom. The molecule has 0 saturated heterocycles. The van der Waals surface area contributed by atoms with E-state index in [9.17, 15) is 0 Å². The molecule has 0 heterocycles. The highest BCUT2D eigenvalue weighted by Gasteiger charge is 2.00. The standard InChI is InChI=1S/C8H16O2/c1-4-9-6-8(3)7-10-5-2/h3,8H,4-7H2,1-2H3. The Bertz CT molecular complexity index is 56.3. The Kier molecular flexibility index (Phi) is 6.98. The summed E-state index contributed by atoms with van der Waals surface area (Å²) in [7, 11) is 0. The highest BCUT2D eigenvalue weighted by Crippen LogP contribution is 1.95. The molecule has 0 aliphatic carbocycles. The molecule has 0 fully saturated rings. The van der Waals surface area contributed by atoms with Gasteiger partial charge in [-0.05, 0) is 20.8 Å². The molecule has 2 radical (unpaired) electrons. The molecule has 0 aromatic carbocycles. The van der Waals surface area contributed by atoms with Crippen LogP contribution in [0.4, 0.5) is 0 Å². The first-order valence-electron chi connectivity index (χ1n) is 3.72. The molecule has 0 aromatic heterocycles. The lowest BCUT2D eigenvalue weighted by atomic mass is 10.2. The van der Waals surface area contributed by atoms with Gasteiger partial charge in [-0.1, -0.05) is 0 Å². The van der Waals surface area contributed by atoms with Gasteiger partial charge < -0.3 is 9.47 Å². The van der Waals surface area contributed by atoms with Crippen LogP contribution in [-0.2, 0) is 9.47 Å². The maximum Gasteiger partial charge on any atom is 0.0519 e. The molecule has 0 amide bonds. The molecule has 0 saturated carbocycles. The predicted molar refractivity (Wildman–Crippen MR) is 40.8 cm³/mol. The quantitative estimate of drug-likeness (QED) is 0.561. The molecule has 0 N–H and O–H groups in total. The Balaban J connectivity index is 3.00. The summed E-state index contributed by atoms with van der Waals surface area (Å²) in [6.07, 6.45) is 0. The molecule has 0 unspecified atom stereocenters. The normalized spacial score (nSPS) is 10.8. The lowest BCUT2D eigenvalue weighted by Crippen LogP contribution is -2.12. The van der Waals surface area contributed by atoms with Crippen LogP contribution in [0.3, 0.4) is 0 Å². The van der Waals surface area contributed by atoms with Crippen molar-refractivity contribution in [3.63, 3.8) is 0 Å². The van der Waals surface area contributed by atoms with Gasteiger partial charge in [0.1, 0.15) is 0 Å². The van der Waals surface area contributed by atoms with Crippen LogP contribution < -0.4 is 0 Å². The van der Waals surface area contributed by atoms with Crippen LogP contribution in [0.1, 0.15) is 13.8 Å². The topological polar surface area (TPSA) is 18.5 Å². The summed E-state index contributed by atoms with van der Waals surface area (Å²) in [4.78, 5) is 0. The second kappa shape index (κ2) is 7.03. The highest BCUT2D eigenvalue weighted by atomic mass is 16.5. The summed E-state index contributed by atoms with van der Waals surface area (Å²) in [5, 5.41) is 0. The fourth-order valence-corrected chi connectivity index (χ4v) is 0.587. The first-order chi connectivity index (χ1) is 4.81. The van der Waals surface area contributed by atoms with E-state index in [1.165, 1.54) is 0 Å². The zero-order chi connectivity index (χ0) is 7.82. The predicted octanol–water partition coefficient (Wildman–Crippen LogP) is 1.39. The van der Waals surface area contributed by atoms with E-state index >= 15 is 0 Å². The average Bonchev–Trinajstić information content (AvgIpc) is 1.97. The van der Waals surface area contributed by atoms with Crippen molar-refractivity contribution in [2.45, 2.75) is 13.8 Å². The summed E-state index contributed by atoms with van der Waals surface area (Å²) in [5.74, 6) is 0.0277. The molecule has 0 bridgehead atoms. The van der Waals surface area contributed by atoms with E-state index in [0.717, 1.165) is 13.2 Å². The van der Waals surface area contributed by atoms with Gasteiger partial charge in [0.25, 0.3) is 0 Å². The summed E-state index contributed by atoms with van der Waals surface area (Å²) < 4.78 is 10.2. The van der Waals surface area contributed by atoms with Gasteiger partial charge in [-0.15, -0.1) is 0 Å². The number of rotatable bonds is 6. The third-order valence-electron chi connectivity index (χ3n) is 1.07. The minimum atomic E-state index is 0.0277. The molecule has 0 aromatic rings. The van der Waals surface area contributed by atoms with E-state index in [1.807, 2.05) is 13.8 Å². The minimum Gasteiger partial charge on any atom is -0.381 e. The summed E-state index contributed by atoms with van der Waals surface area (Å²) >= 11 is 0. The van der Waals surface area contributed by atoms with Crippen LogP contribution in [0.2, 0.25) is 0 Å². The number of hydrogen-bond donors (Lipinski definition) is 0.